The number of amides is 1. The van der Waals surface area contributed by atoms with Gasteiger partial charge in [-0.3, -0.25) is 14.2 Å². The minimum Gasteiger partial charge on any atom is -0.340 e. The summed E-state index contributed by atoms with van der Waals surface area (Å²) in [5.41, 5.74) is 1.11. The normalized spacial score (nSPS) is 19.4. The molecule has 5 rings (SSSR count). The van der Waals surface area contributed by atoms with Crippen molar-refractivity contribution < 1.29 is 4.79 Å². The second kappa shape index (κ2) is 7.72. The monoisotopic (exact) mass is 444 g/mol. The molecule has 0 aliphatic carbocycles. The van der Waals surface area contributed by atoms with Crippen LogP contribution in [0.2, 0.25) is 5.02 Å². The number of carbonyl (C=O) groups excluding carboxylic acids is 1. The third-order valence-corrected chi connectivity index (χ3v) is 7.02. The lowest BCUT2D eigenvalue weighted by Crippen LogP contribution is -2.47. The van der Waals surface area contributed by atoms with Crippen LogP contribution in [0.4, 0.5) is 0 Å². The molecule has 1 aromatic carbocycles. The lowest BCUT2D eigenvalue weighted by molar-refractivity contribution is -0.133. The van der Waals surface area contributed by atoms with Gasteiger partial charge in [0.25, 0.3) is 5.56 Å². The summed E-state index contributed by atoms with van der Waals surface area (Å²) in [7, 11) is 2.06. The maximum absolute atomic E-state index is 13.2. The Morgan fingerprint density at radius 1 is 1.27 bits per heavy atom. The van der Waals surface area contributed by atoms with Crippen molar-refractivity contribution in [2.24, 2.45) is 0 Å². The number of fused-ring (bicyclic) bond motifs is 2. The number of carbonyl (C=O) groups is 1. The number of benzene rings is 1. The van der Waals surface area contributed by atoms with E-state index in [4.69, 9.17) is 16.6 Å². The minimum absolute atomic E-state index is 0.100. The van der Waals surface area contributed by atoms with Gasteiger partial charge in [0, 0.05) is 43.4 Å². The van der Waals surface area contributed by atoms with Crippen molar-refractivity contribution in [3.05, 3.63) is 45.8 Å². The second-order valence-corrected chi connectivity index (χ2v) is 9.12. The number of thioether (sulfide) groups is 1. The van der Waals surface area contributed by atoms with Crippen LogP contribution in [0.5, 0.6) is 0 Å². The van der Waals surface area contributed by atoms with Crippen LogP contribution in [0.3, 0.4) is 0 Å². The Morgan fingerprint density at radius 2 is 2.07 bits per heavy atom. The van der Waals surface area contributed by atoms with E-state index in [1.807, 2.05) is 17.0 Å². The van der Waals surface area contributed by atoms with Gasteiger partial charge in [0.05, 0.1) is 17.9 Å². The van der Waals surface area contributed by atoms with Gasteiger partial charge >= 0.3 is 0 Å². The molecule has 2 aromatic heterocycles. The van der Waals surface area contributed by atoms with Gasteiger partial charge in [0.15, 0.2) is 10.8 Å². The van der Waals surface area contributed by atoms with E-state index in [1.54, 1.807) is 27.6 Å². The van der Waals surface area contributed by atoms with Crippen molar-refractivity contribution in [3.8, 4) is 5.69 Å². The molecular formula is C20H21ClN6O2S. The number of hydrogen-bond acceptors (Lipinski definition) is 6. The molecule has 4 heterocycles. The molecule has 1 saturated heterocycles. The van der Waals surface area contributed by atoms with Crippen LogP contribution in [0.15, 0.2) is 40.4 Å². The third kappa shape index (κ3) is 3.40. The standard InChI is InChI=1S/C20H21ClN6O2S/c1-24-5-7-25(8-6-24)17(28)10-15-12-30-20-23-18-16(19(29)26(15)20)11-22-27(18)14-4-2-3-13(21)9-14/h2-4,9,11,15H,5-8,10,12H2,1H3/t15-/m0/s1. The molecule has 0 radical (unpaired) electrons. The predicted octanol–water partition coefficient (Wildman–Crippen LogP) is 2.05. The molecule has 10 heteroatoms. The van der Waals surface area contributed by atoms with Crippen LogP contribution in [-0.2, 0) is 4.79 Å². The van der Waals surface area contributed by atoms with Crippen molar-refractivity contribution in [1.82, 2.24) is 29.1 Å². The molecule has 0 spiro atoms. The molecule has 1 amide bonds. The lowest BCUT2D eigenvalue weighted by atomic mass is 10.2. The van der Waals surface area contributed by atoms with Gasteiger partial charge in [-0.05, 0) is 25.2 Å². The first-order chi connectivity index (χ1) is 14.5. The van der Waals surface area contributed by atoms with Crippen molar-refractivity contribution in [1.29, 1.82) is 0 Å². The summed E-state index contributed by atoms with van der Waals surface area (Å²) in [6.07, 6.45) is 1.86. The topological polar surface area (TPSA) is 76.3 Å². The summed E-state index contributed by atoms with van der Waals surface area (Å²) in [6.45, 7) is 3.24. The first-order valence-electron chi connectivity index (χ1n) is 9.86. The number of piperazine rings is 1. The third-order valence-electron chi connectivity index (χ3n) is 5.69. The molecule has 0 saturated carbocycles. The van der Waals surface area contributed by atoms with Gasteiger partial charge in [-0.1, -0.05) is 29.4 Å². The highest BCUT2D eigenvalue weighted by Crippen LogP contribution is 2.34. The van der Waals surface area contributed by atoms with Gasteiger partial charge in [0.1, 0.15) is 5.39 Å². The number of hydrogen-bond donors (Lipinski definition) is 0. The van der Waals surface area contributed by atoms with E-state index in [0.29, 0.717) is 33.4 Å². The Hall–Kier alpha value is -2.36. The van der Waals surface area contributed by atoms with Gasteiger partial charge in [-0.25, -0.2) is 9.67 Å². The zero-order valence-electron chi connectivity index (χ0n) is 16.5. The van der Waals surface area contributed by atoms with E-state index < -0.39 is 0 Å². The van der Waals surface area contributed by atoms with Gasteiger partial charge < -0.3 is 9.80 Å². The van der Waals surface area contributed by atoms with Crippen molar-refractivity contribution in [2.75, 3.05) is 39.0 Å². The number of nitrogens with zero attached hydrogens (tertiary/aromatic N) is 6. The SMILES string of the molecule is CN1CCN(C(=O)C[C@H]2CSc3nc4c(cnn4-c4cccc(Cl)c4)c(=O)n32)CC1. The average molecular weight is 445 g/mol. The van der Waals surface area contributed by atoms with Gasteiger partial charge in [-0.2, -0.15) is 5.10 Å². The summed E-state index contributed by atoms with van der Waals surface area (Å²) in [4.78, 5) is 34.9. The molecule has 30 heavy (non-hydrogen) atoms. The fourth-order valence-electron chi connectivity index (χ4n) is 3.96. The van der Waals surface area contributed by atoms with Crippen LogP contribution >= 0.6 is 23.4 Å². The summed E-state index contributed by atoms with van der Waals surface area (Å²) in [6, 6.07) is 7.09. The molecule has 2 aliphatic rings. The quantitative estimate of drug-likeness (QED) is 0.575. The Labute approximate surface area is 182 Å². The largest absolute Gasteiger partial charge is 0.340 e. The molecular weight excluding hydrogens is 424 g/mol. The van der Waals surface area contributed by atoms with E-state index in [-0.39, 0.29) is 17.5 Å². The summed E-state index contributed by atoms with van der Waals surface area (Å²) < 4.78 is 3.30. The van der Waals surface area contributed by atoms with E-state index in [9.17, 15) is 9.59 Å². The van der Waals surface area contributed by atoms with E-state index in [2.05, 4.69) is 17.0 Å². The number of likely N-dealkylation sites (N-methyl/N-ethyl adjacent to an activating group) is 1. The molecule has 0 N–H and O–H groups in total. The zero-order valence-corrected chi connectivity index (χ0v) is 18.1. The van der Waals surface area contributed by atoms with E-state index >= 15 is 0 Å². The fourth-order valence-corrected chi connectivity index (χ4v) is 5.28. The van der Waals surface area contributed by atoms with Crippen LogP contribution in [0.1, 0.15) is 12.5 Å². The second-order valence-electron chi connectivity index (χ2n) is 7.70. The molecule has 1 atom stereocenters. The Bertz CT molecular complexity index is 1180. The summed E-state index contributed by atoms with van der Waals surface area (Å²) >= 11 is 7.62. The molecule has 1 fully saturated rings. The first kappa shape index (κ1) is 19.6. The number of rotatable bonds is 3. The summed E-state index contributed by atoms with van der Waals surface area (Å²) in [5, 5.41) is 6.03. The van der Waals surface area contributed by atoms with Crippen molar-refractivity contribution in [3.63, 3.8) is 0 Å². The molecule has 0 bridgehead atoms. The molecule has 2 aliphatic heterocycles. The maximum atomic E-state index is 13.2. The van der Waals surface area contributed by atoms with Crippen LogP contribution in [0.25, 0.3) is 16.7 Å². The zero-order chi connectivity index (χ0) is 20.8. The Balaban J connectivity index is 1.46. The van der Waals surface area contributed by atoms with Crippen molar-refractivity contribution >= 4 is 40.3 Å². The van der Waals surface area contributed by atoms with Crippen LogP contribution in [0, 0.1) is 0 Å². The molecule has 0 unspecified atom stereocenters. The number of halogens is 1. The Morgan fingerprint density at radius 3 is 2.83 bits per heavy atom. The van der Waals surface area contributed by atoms with Gasteiger partial charge in [0.2, 0.25) is 5.91 Å². The van der Waals surface area contributed by atoms with Gasteiger partial charge in [-0.15, -0.1) is 0 Å². The van der Waals surface area contributed by atoms with E-state index in [1.165, 1.54) is 11.8 Å². The highest BCUT2D eigenvalue weighted by molar-refractivity contribution is 7.99. The summed E-state index contributed by atoms with van der Waals surface area (Å²) in [5.74, 6) is 0.766. The van der Waals surface area contributed by atoms with Crippen LogP contribution in [-0.4, -0.2) is 74.0 Å². The Kier molecular flexibility index (Phi) is 5.04. The van der Waals surface area contributed by atoms with Crippen molar-refractivity contribution in [2.45, 2.75) is 17.6 Å². The van der Waals surface area contributed by atoms with E-state index in [0.717, 1.165) is 31.9 Å². The highest BCUT2D eigenvalue weighted by atomic mass is 35.5. The minimum atomic E-state index is -0.184. The predicted molar refractivity (Wildman–Crippen MR) is 117 cm³/mol. The first-order valence-corrected chi connectivity index (χ1v) is 11.2. The van der Waals surface area contributed by atoms with Crippen LogP contribution < -0.4 is 5.56 Å². The lowest BCUT2D eigenvalue weighted by Gasteiger charge is -2.33. The number of aromatic nitrogens is 4. The fraction of sp³-hybridized carbons (Fsp3) is 0.400. The maximum Gasteiger partial charge on any atom is 0.265 e. The molecule has 8 nitrogen and oxygen atoms in total. The smallest absolute Gasteiger partial charge is 0.265 e. The molecule has 156 valence electrons. The molecule has 3 aromatic rings. The average Bonchev–Trinajstić information content (AvgIpc) is 3.33. The highest BCUT2D eigenvalue weighted by Gasteiger charge is 2.31.